The van der Waals surface area contributed by atoms with E-state index in [0.717, 1.165) is 18.5 Å². The number of allylic oxidation sites excluding steroid dienone is 2. The fraction of sp³-hybridized carbons (Fsp3) is 0.750. The molecule has 0 aliphatic heterocycles. The van der Waals surface area contributed by atoms with E-state index in [4.69, 9.17) is 5.73 Å². The number of unbranched alkanes of at least 4 members (excludes halogenated alkanes) is 2. The standard InChI is InChI=1S/C8H17N/c1-3-5-6-7-8(9)4-2/h7H,3-6,9H2,1-2H3/b8-7+. The minimum Gasteiger partial charge on any atom is -0.402 e. The number of rotatable bonds is 4. The highest BCUT2D eigenvalue weighted by Crippen LogP contribution is 1.98. The Morgan fingerprint density at radius 2 is 2.11 bits per heavy atom. The van der Waals surface area contributed by atoms with E-state index in [2.05, 4.69) is 19.9 Å². The van der Waals surface area contributed by atoms with E-state index in [1.807, 2.05) is 0 Å². The van der Waals surface area contributed by atoms with Gasteiger partial charge in [-0.1, -0.05) is 32.8 Å². The molecule has 0 spiro atoms. The summed E-state index contributed by atoms with van der Waals surface area (Å²) in [6.45, 7) is 4.27. The summed E-state index contributed by atoms with van der Waals surface area (Å²) in [5, 5.41) is 0. The number of nitrogens with two attached hydrogens (primary N) is 1. The van der Waals surface area contributed by atoms with Crippen LogP contribution >= 0.6 is 0 Å². The van der Waals surface area contributed by atoms with Gasteiger partial charge in [-0.05, 0) is 12.8 Å². The van der Waals surface area contributed by atoms with Crippen molar-refractivity contribution in [3.8, 4) is 0 Å². The Kier molecular flexibility index (Phi) is 5.38. The SMILES string of the molecule is CCCC/C=C(/N)CC. The summed E-state index contributed by atoms with van der Waals surface area (Å²) in [7, 11) is 0. The maximum atomic E-state index is 5.57. The predicted molar refractivity (Wildman–Crippen MR) is 42.1 cm³/mol. The van der Waals surface area contributed by atoms with Gasteiger partial charge >= 0.3 is 0 Å². The lowest BCUT2D eigenvalue weighted by atomic mass is 10.2. The molecule has 0 rings (SSSR count). The van der Waals surface area contributed by atoms with E-state index >= 15 is 0 Å². The molecule has 0 amide bonds. The van der Waals surface area contributed by atoms with Gasteiger partial charge in [-0.25, -0.2) is 0 Å². The Hall–Kier alpha value is -0.460. The van der Waals surface area contributed by atoms with Crippen LogP contribution in [0.2, 0.25) is 0 Å². The number of hydrogen-bond acceptors (Lipinski definition) is 1. The van der Waals surface area contributed by atoms with Crippen LogP contribution < -0.4 is 5.73 Å². The summed E-state index contributed by atoms with van der Waals surface area (Å²) in [5.41, 5.74) is 6.61. The van der Waals surface area contributed by atoms with Crippen molar-refractivity contribution >= 4 is 0 Å². The molecule has 1 nitrogen and oxygen atoms in total. The molecule has 54 valence electrons. The molecule has 1 heteroatoms. The van der Waals surface area contributed by atoms with E-state index in [0.29, 0.717) is 0 Å². The highest BCUT2D eigenvalue weighted by molar-refractivity contribution is 4.94. The molecule has 9 heavy (non-hydrogen) atoms. The van der Waals surface area contributed by atoms with Crippen LogP contribution in [0.4, 0.5) is 0 Å². The third kappa shape index (κ3) is 5.41. The second kappa shape index (κ2) is 5.67. The number of hydrogen-bond donors (Lipinski definition) is 1. The summed E-state index contributed by atoms with van der Waals surface area (Å²) in [4.78, 5) is 0. The molecule has 0 atom stereocenters. The summed E-state index contributed by atoms with van der Waals surface area (Å²) >= 11 is 0. The fourth-order valence-electron chi connectivity index (χ4n) is 0.636. The normalized spacial score (nSPS) is 12.0. The first kappa shape index (κ1) is 8.54. The van der Waals surface area contributed by atoms with Gasteiger partial charge in [0.25, 0.3) is 0 Å². The second-order valence-electron chi connectivity index (χ2n) is 2.27. The average Bonchev–Trinajstić information content (AvgIpc) is 1.89. The van der Waals surface area contributed by atoms with Crippen LogP contribution in [0.1, 0.15) is 39.5 Å². The Labute approximate surface area is 57.9 Å². The largest absolute Gasteiger partial charge is 0.402 e. The van der Waals surface area contributed by atoms with Gasteiger partial charge in [0.15, 0.2) is 0 Å². The maximum Gasteiger partial charge on any atom is 0.00371 e. The lowest BCUT2D eigenvalue weighted by Crippen LogP contribution is -1.93. The van der Waals surface area contributed by atoms with E-state index in [-0.39, 0.29) is 0 Å². The van der Waals surface area contributed by atoms with Crippen LogP contribution in [0, 0.1) is 0 Å². The molecular formula is C8H17N. The first-order valence-corrected chi connectivity index (χ1v) is 3.75. The smallest absolute Gasteiger partial charge is 0.00371 e. The molecule has 0 aromatic carbocycles. The molecule has 0 bridgehead atoms. The van der Waals surface area contributed by atoms with Crippen molar-refractivity contribution in [3.63, 3.8) is 0 Å². The third-order valence-electron chi connectivity index (χ3n) is 1.37. The van der Waals surface area contributed by atoms with Gasteiger partial charge in [0.1, 0.15) is 0 Å². The molecule has 0 aliphatic rings. The molecule has 0 aromatic rings. The van der Waals surface area contributed by atoms with Gasteiger partial charge in [-0.15, -0.1) is 0 Å². The minimum atomic E-state index is 0.990. The molecule has 0 saturated heterocycles. The van der Waals surface area contributed by atoms with Gasteiger partial charge < -0.3 is 5.73 Å². The Balaban J connectivity index is 3.21. The lowest BCUT2D eigenvalue weighted by Gasteiger charge is -1.93. The zero-order chi connectivity index (χ0) is 7.11. The molecular weight excluding hydrogens is 110 g/mol. The average molecular weight is 127 g/mol. The van der Waals surface area contributed by atoms with Crippen molar-refractivity contribution in [2.75, 3.05) is 0 Å². The highest BCUT2D eigenvalue weighted by atomic mass is 14.6. The van der Waals surface area contributed by atoms with Gasteiger partial charge in [-0.2, -0.15) is 0 Å². The summed E-state index contributed by atoms with van der Waals surface area (Å²) in [6, 6.07) is 0. The fourth-order valence-corrected chi connectivity index (χ4v) is 0.636. The van der Waals surface area contributed by atoms with E-state index in [1.165, 1.54) is 12.8 Å². The van der Waals surface area contributed by atoms with Crippen molar-refractivity contribution in [2.24, 2.45) is 5.73 Å². The Bertz CT molecular complexity index is 84.6. The predicted octanol–water partition coefficient (Wildman–Crippen LogP) is 2.43. The van der Waals surface area contributed by atoms with Crippen molar-refractivity contribution in [1.29, 1.82) is 0 Å². The topological polar surface area (TPSA) is 26.0 Å². The summed E-state index contributed by atoms with van der Waals surface area (Å²) < 4.78 is 0. The van der Waals surface area contributed by atoms with Gasteiger partial charge in [0, 0.05) is 5.70 Å². The molecule has 0 radical (unpaired) electrons. The zero-order valence-corrected chi connectivity index (χ0v) is 6.48. The van der Waals surface area contributed by atoms with Crippen LogP contribution in [-0.2, 0) is 0 Å². The molecule has 0 saturated carbocycles. The van der Waals surface area contributed by atoms with Gasteiger partial charge in [0.05, 0.1) is 0 Å². The first-order chi connectivity index (χ1) is 4.31. The molecule has 0 aromatic heterocycles. The molecule has 2 N–H and O–H groups in total. The molecule has 0 fully saturated rings. The van der Waals surface area contributed by atoms with Crippen molar-refractivity contribution in [1.82, 2.24) is 0 Å². The summed E-state index contributed by atoms with van der Waals surface area (Å²) in [6.07, 6.45) is 6.79. The summed E-state index contributed by atoms with van der Waals surface area (Å²) in [5.74, 6) is 0. The molecule has 0 heterocycles. The lowest BCUT2D eigenvalue weighted by molar-refractivity contribution is 0.806. The highest BCUT2D eigenvalue weighted by Gasteiger charge is 1.82. The van der Waals surface area contributed by atoms with Crippen molar-refractivity contribution in [2.45, 2.75) is 39.5 Å². The van der Waals surface area contributed by atoms with E-state index in [1.54, 1.807) is 0 Å². The van der Waals surface area contributed by atoms with E-state index in [9.17, 15) is 0 Å². The van der Waals surface area contributed by atoms with Crippen LogP contribution in [-0.4, -0.2) is 0 Å². The molecule has 0 aliphatic carbocycles. The van der Waals surface area contributed by atoms with Crippen LogP contribution in [0.3, 0.4) is 0 Å². The monoisotopic (exact) mass is 127 g/mol. The quantitative estimate of drug-likeness (QED) is 0.577. The van der Waals surface area contributed by atoms with Gasteiger partial charge in [0.2, 0.25) is 0 Å². The van der Waals surface area contributed by atoms with Crippen molar-refractivity contribution < 1.29 is 0 Å². The van der Waals surface area contributed by atoms with Crippen LogP contribution in [0.5, 0.6) is 0 Å². The first-order valence-electron chi connectivity index (χ1n) is 3.75. The van der Waals surface area contributed by atoms with Crippen LogP contribution in [0.25, 0.3) is 0 Å². The minimum absolute atomic E-state index is 0.990. The van der Waals surface area contributed by atoms with Crippen LogP contribution in [0.15, 0.2) is 11.8 Å². The molecule has 0 unspecified atom stereocenters. The Morgan fingerprint density at radius 1 is 1.44 bits per heavy atom. The maximum absolute atomic E-state index is 5.57. The van der Waals surface area contributed by atoms with Crippen molar-refractivity contribution in [3.05, 3.63) is 11.8 Å². The Morgan fingerprint density at radius 3 is 2.56 bits per heavy atom. The zero-order valence-electron chi connectivity index (χ0n) is 6.48. The van der Waals surface area contributed by atoms with E-state index < -0.39 is 0 Å². The third-order valence-corrected chi connectivity index (χ3v) is 1.37. The second-order valence-corrected chi connectivity index (χ2v) is 2.27. The van der Waals surface area contributed by atoms with Gasteiger partial charge in [-0.3, -0.25) is 0 Å².